The van der Waals surface area contributed by atoms with Gasteiger partial charge < -0.3 is 9.73 Å². The molecule has 5 nitrogen and oxygen atoms in total. The summed E-state index contributed by atoms with van der Waals surface area (Å²) in [7, 11) is 0. The molecule has 4 rings (SSSR count). The van der Waals surface area contributed by atoms with Gasteiger partial charge in [0.2, 0.25) is 5.91 Å². The molecule has 2 atom stereocenters. The minimum absolute atomic E-state index is 0.162. The van der Waals surface area contributed by atoms with Crippen molar-refractivity contribution in [1.82, 2.24) is 10.2 Å². The summed E-state index contributed by atoms with van der Waals surface area (Å²) >= 11 is 0. The van der Waals surface area contributed by atoms with Gasteiger partial charge in [-0.1, -0.05) is 6.07 Å². The van der Waals surface area contributed by atoms with E-state index in [1.807, 2.05) is 13.0 Å². The maximum atomic E-state index is 12.0. The number of piperidine rings is 1. The van der Waals surface area contributed by atoms with E-state index in [1.165, 1.54) is 5.56 Å². The summed E-state index contributed by atoms with van der Waals surface area (Å²) in [5.74, 6) is 1.13. The molecule has 1 N–H and O–H groups in total. The maximum Gasteiger partial charge on any atom is 0.336 e. The van der Waals surface area contributed by atoms with Crippen LogP contribution in [0.3, 0.4) is 0 Å². The zero-order chi connectivity index (χ0) is 16.8. The maximum absolute atomic E-state index is 12.0. The highest BCUT2D eigenvalue weighted by Crippen LogP contribution is 2.31. The van der Waals surface area contributed by atoms with Crippen LogP contribution in [-0.2, 0) is 11.3 Å². The molecule has 3 heterocycles. The van der Waals surface area contributed by atoms with Crippen LogP contribution in [0.4, 0.5) is 0 Å². The number of amides is 1. The fourth-order valence-corrected chi connectivity index (χ4v) is 4.23. The lowest BCUT2D eigenvalue weighted by Crippen LogP contribution is -2.39. The number of rotatable bonds is 2. The molecule has 0 spiro atoms. The molecule has 1 aromatic carbocycles. The molecule has 126 valence electrons. The number of hydrogen-bond donors (Lipinski definition) is 1. The number of aryl methyl sites for hydroxylation is 2. The van der Waals surface area contributed by atoms with Gasteiger partial charge in [0, 0.05) is 44.1 Å². The molecule has 0 unspecified atom stereocenters. The van der Waals surface area contributed by atoms with Gasteiger partial charge in [0.25, 0.3) is 0 Å². The largest absolute Gasteiger partial charge is 0.422 e. The first kappa shape index (κ1) is 15.4. The number of carbonyl (C=O) groups excluding carboxylic acids is 1. The van der Waals surface area contributed by atoms with Crippen molar-refractivity contribution in [3.05, 3.63) is 45.3 Å². The van der Waals surface area contributed by atoms with Crippen molar-refractivity contribution in [2.75, 3.05) is 19.6 Å². The molecule has 1 amide bonds. The number of nitrogens with zero attached hydrogens (tertiary/aromatic N) is 1. The predicted octanol–water partition coefficient (Wildman–Crippen LogP) is 1.98. The molecular formula is C19H22N2O3. The average molecular weight is 326 g/mol. The summed E-state index contributed by atoms with van der Waals surface area (Å²) in [5.41, 5.74) is 3.58. The van der Waals surface area contributed by atoms with Crippen molar-refractivity contribution < 1.29 is 9.21 Å². The lowest BCUT2D eigenvalue weighted by molar-refractivity contribution is -0.124. The van der Waals surface area contributed by atoms with Crippen LogP contribution < -0.4 is 10.9 Å². The Balaban J connectivity index is 1.65. The molecule has 2 aromatic rings. The van der Waals surface area contributed by atoms with E-state index in [4.69, 9.17) is 4.42 Å². The van der Waals surface area contributed by atoms with Crippen molar-refractivity contribution in [3.63, 3.8) is 0 Å². The molecule has 0 aliphatic carbocycles. The Morgan fingerprint density at radius 1 is 1.17 bits per heavy atom. The van der Waals surface area contributed by atoms with Gasteiger partial charge >= 0.3 is 5.63 Å². The highest BCUT2D eigenvalue weighted by atomic mass is 16.4. The number of hydrogen-bond acceptors (Lipinski definition) is 4. The first-order valence-electron chi connectivity index (χ1n) is 8.52. The van der Waals surface area contributed by atoms with E-state index >= 15 is 0 Å². The molecule has 0 bridgehead atoms. The summed E-state index contributed by atoms with van der Waals surface area (Å²) in [6, 6.07) is 5.75. The molecule has 24 heavy (non-hydrogen) atoms. The number of nitrogens with one attached hydrogen (secondary N) is 1. The minimum Gasteiger partial charge on any atom is -0.422 e. The molecule has 0 radical (unpaired) electrons. The van der Waals surface area contributed by atoms with Gasteiger partial charge in [-0.25, -0.2) is 4.79 Å². The molecule has 2 saturated heterocycles. The van der Waals surface area contributed by atoms with Crippen LogP contribution in [0.5, 0.6) is 0 Å². The Hall–Kier alpha value is -2.14. The Kier molecular flexibility index (Phi) is 3.68. The van der Waals surface area contributed by atoms with Crippen LogP contribution in [-0.4, -0.2) is 30.4 Å². The minimum atomic E-state index is -0.294. The van der Waals surface area contributed by atoms with Crippen molar-refractivity contribution in [2.45, 2.75) is 26.8 Å². The number of likely N-dealkylation sites (tertiary alicyclic amines) is 1. The summed E-state index contributed by atoms with van der Waals surface area (Å²) < 4.78 is 5.43. The van der Waals surface area contributed by atoms with Crippen LogP contribution in [0, 0.1) is 25.7 Å². The van der Waals surface area contributed by atoms with E-state index < -0.39 is 0 Å². The van der Waals surface area contributed by atoms with E-state index in [-0.39, 0.29) is 11.5 Å². The predicted molar refractivity (Wildman–Crippen MR) is 91.8 cm³/mol. The first-order valence-corrected chi connectivity index (χ1v) is 8.52. The second-order valence-electron chi connectivity index (χ2n) is 7.27. The quantitative estimate of drug-likeness (QED) is 0.857. The monoisotopic (exact) mass is 326 g/mol. The van der Waals surface area contributed by atoms with Crippen molar-refractivity contribution in [1.29, 1.82) is 0 Å². The first-order chi connectivity index (χ1) is 11.5. The highest BCUT2D eigenvalue weighted by Gasteiger charge is 2.37. The average Bonchev–Trinajstić information content (AvgIpc) is 2.90. The fourth-order valence-electron chi connectivity index (χ4n) is 4.23. The number of benzene rings is 1. The summed E-state index contributed by atoms with van der Waals surface area (Å²) in [6.45, 7) is 7.43. The lowest BCUT2D eigenvalue weighted by Gasteiger charge is -2.23. The molecule has 0 saturated carbocycles. The third-order valence-electron chi connectivity index (χ3n) is 5.31. The van der Waals surface area contributed by atoms with Gasteiger partial charge in [0.1, 0.15) is 5.58 Å². The zero-order valence-corrected chi connectivity index (χ0v) is 14.1. The normalized spacial score (nSPS) is 24.2. The number of fused-ring (bicyclic) bond motifs is 2. The van der Waals surface area contributed by atoms with Crippen LogP contribution in [0.25, 0.3) is 11.0 Å². The van der Waals surface area contributed by atoms with Gasteiger partial charge in [-0.15, -0.1) is 0 Å². The molecule has 2 aliphatic heterocycles. The van der Waals surface area contributed by atoms with Crippen LogP contribution >= 0.6 is 0 Å². The molecule has 2 fully saturated rings. The Morgan fingerprint density at radius 3 is 2.79 bits per heavy atom. The smallest absolute Gasteiger partial charge is 0.336 e. The standard InChI is InChI=1S/C19H22N2O3/c1-11-3-12(2)19-16(4-11)14(6-18(23)24-19)9-21-8-13-5-17(22)20-7-15(13)10-21/h3-4,6,13,15H,5,7-10H2,1-2H3,(H,20,22)/t13-,15+/m1/s1. The molecule has 2 aliphatic rings. The second kappa shape index (κ2) is 5.74. The topological polar surface area (TPSA) is 62.6 Å². The highest BCUT2D eigenvalue weighted by molar-refractivity contribution is 5.83. The van der Waals surface area contributed by atoms with E-state index in [9.17, 15) is 9.59 Å². The van der Waals surface area contributed by atoms with Crippen molar-refractivity contribution >= 4 is 16.9 Å². The van der Waals surface area contributed by atoms with Crippen LogP contribution in [0.1, 0.15) is 23.1 Å². The zero-order valence-electron chi connectivity index (χ0n) is 14.1. The van der Waals surface area contributed by atoms with Gasteiger partial charge in [-0.3, -0.25) is 9.69 Å². The van der Waals surface area contributed by atoms with E-state index in [1.54, 1.807) is 6.07 Å². The molecule has 5 heteroatoms. The fraction of sp³-hybridized carbons (Fsp3) is 0.474. The van der Waals surface area contributed by atoms with Crippen LogP contribution in [0.15, 0.2) is 27.4 Å². The summed E-state index contributed by atoms with van der Waals surface area (Å²) in [6.07, 6.45) is 0.622. The van der Waals surface area contributed by atoms with Crippen LogP contribution in [0.2, 0.25) is 0 Å². The third kappa shape index (κ3) is 2.73. The van der Waals surface area contributed by atoms with E-state index in [0.717, 1.165) is 42.7 Å². The van der Waals surface area contributed by atoms with Gasteiger partial charge in [-0.05, 0) is 48.4 Å². The van der Waals surface area contributed by atoms with Crippen molar-refractivity contribution in [2.24, 2.45) is 11.8 Å². The number of carbonyl (C=O) groups is 1. The Morgan fingerprint density at radius 2 is 1.96 bits per heavy atom. The SMILES string of the molecule is Cc1cc(C)c2oc(=O)cc(CN3C[C@H]4CC(=O)NC[C@H]4C3)c2c1. The Bertz CT molecular complexity index is 871. The lowest BCUT2D eigenvalue weighted by atomic mass is 9.89. The molecular weight excluding hydrogens is 304 g/mol. The summed E-state index contributed by atoms with van der Waals surface area (Å²) in [5, 5.41) is 3.99. The Labute approximate surface area is 140 Å². The second-order valence-corrected chi connectivity index (χ2v) is 7.27. The van der Waals surface area contributed by atoms with E-state index in [2.05, 4.69) is 23.2 Å². The van der Waals surface area contributed by atoms with Gasteiger partial charge in [0.05, 0.1) is 0 Å². The van der Waals surface area contributed by atoms with Gasteiger partial charge in [0.15, 0.2) is 0 Å². The third-order valence-corrected chi connectivity index (χ3v) is 5.31. The molecule has 1 aromatic heterocycles. The van der Waals surface area contributed by atoms with Gasteiger partial charge in [-0.2, -0.15) is 0 Å². The summed E-state index contributed by atoms with van der Waals surface area (Å²) in [4.78, 5) is 25.9. The van der Waals surface area contributed by atoms with Crippen molar-refractivity contribution in [3.8, 4) is 0 Å². The van der Waals surface area contributed by atoms with E-state index in [0.29, 0.717) is 23.8 Å².